The van der Waals surface area contributed by atoms with Gasteiger partial charge in [-0.1, -0.05) is 0 Å². The highest BCUT2D eigenvalue weighted by Gasteiger charge is 2.37. The molecule has 6 heteroatoms. The number of thiol groups is 1. The summed E-state index contributed by atoms with van der Waals surface area (Å²) < 4.78 is 0. The minimum absolute atomic E-state index is 0.0165. The van der Waals surface area contributed by atoms with Gasteiger partial charge in [0, 0.05) is 17.4 Å². The summed E-state index contributed by atoms with van der Waals surface area (Å²) in [7, 11) is 0. The maximum Gasteiger partial charge on any atom is 0.329 e. The fraction of sp³-hybridized carbons (Fsp3) is 0.222. The van der Waals surface area contributed by atoms with Crippen molar-refractivity contribution in [1.29, 1.82) is 0 Å². The third kappa shape index (κ3) is 2.00. The molecule has 82 valence electrons. The number of aromatic hydroxyl groups is 2. The standard InChI is InChI=1S/C9H11NO4S/c10-9(4-15,8(13)14)6-2-1-5(11)3-7(6)12/h1-3,11-12,15H,4,10H2,(H,13,14). The van der Waals surface area contributed by atoms with E-state index in [1.165, 1.54) is 12.1 Å². The number of benzene rings is 1. The zero-order valence-electron chi connectivity index (χ0n) is 7.71. The zero-order chi connectivity index (χ0) is 11.6. The maximum atomic E-state index is 10.9. The van der Waals surface area contributed by atoms with Crippen molar-refractivity contribution in [3.05, 3.63) is 23.8 Å². The number of hydrogen-bond donors (Lipinski definition) is 5. The molecule has 0 heterocycles. The third-order valence-corrected chi connectivity index (χ3v) is 2.59. The number of phenolic OH excluding ortho intramolecular Hbond substituents is 2. The molecular formula is C9H11NO4S. The van der Waals surface area contributed by atoms with Crippen molar-refractivity contribution in [3.8, 4) is 11.5 Å². The van der Waals surface area contributed by atoms with Crippen LogP contribution in [0.4, 0.5) is 0 Å². The number of carbonyl (C=O) groups is 1. The summed E-state index contributed by atoms with van der Waals surface area (Å²) in [6.07, 6.45) is 0. The number of carboxylic acids is 1. The van der Waals surface area contributed by atoms with Gasteiger partial charge in [-0.15, -0.1) is 0 Å². The second-order valence-corrected chi connectivity index (χ2v) is 3.45. The van der Waals surface area contributed by atoms with Crippen LogP contribution in [0.3, 0.4) is 0 Å². The predicted molar refractivity (Wildman–Crippen MR) is 57.1 cm³/mol. The molecule has 0 aromatic heterocycles. The number of hydrogen-bond acceptors (Lipinski definition) is 5. The van der Waals surface area contributed by atoms with Crippen LogP contribution in [0.5, 0.6) is 11.5 Å². The summed E-state index contributed by atoms with van der Waals surface area (Å²) in [5.41, 5.74) is 3.85. The minimum atomic E-state index is -1.76. The summed E-state index contributed by atoms with van der Waals surface area (Å²) in [5.74, 6) is -1.99. The van der Waals surface area contributed by atoms with Crippen LogP contribution in [0.15, 0.2) is 18.2 Å². The van der Waals surface area contributed by atoms with E-state index < -0.39 is 11.5 Å². The molecule has 1 aromatic rings. The van der Waals surface area contributed by atoms with Crippen LogP contribution >= 0.6 is 12.6 Å². The molecule has 0 amide bonds. The van der Waals surface area contributed by atoms with Crippen LogP contribution in [0.25, 0.3) is 0 Å². The Morgan fingerprint density at radius 1 is 1.47 bits per heavy atom. The second-order valence-electron chi connectivity index (χ2n) is 3.14. The van der Waals surface area contributed by atoms with Gasteiger partial charge in [0.25, 0.3) is 0 Å². The summed E-state index contributed by atoms with van der Waals surface area (Å²) in [6.45, 7) is 0. The van der Waals surface area contributed by atoms with Crippen LogP contribution in [-0.4, -0.2) is 27.0 Å². The molecule has 0 saturated heterocycles. The van der Waals surface area contributed by atoms with Crippen LogP contribution < -0.4 is 5.73 Å². The van der Waals surface area contributed by atoms with Gasteiger partial charge >= 0.3 is 5.97 Å². The highest BCUT2D eigenvalue weighted by Crippen LogP contribution is 2.31. The first-order valence-corrected chi connectivity index (χ1v) is 4.70. The van der Waals surface area contributed by atoms with Gasteiger partial charge in [-0.25, -0.2) is 4.79 Å². The van der Waals surface area contributed by atoms with E-state index in [4.69, 9.17) is 15.9 Å². The second kappa shape index (κ2) is 4.00. The molecule has 1 unspecified atom stereocenters. The van der Waals surface area contributed by atoms with Gasteiger partial charge in [0.15, 0.2) is 5.54 Å². The molecule has 1 aromatic carbocycles. The van der Waals surface area contributed by atoms with Crippen molar-refractivity contribution >= 4 is 18.6 Å². The van der Waals surface area contributed by atoms with Gasteiger partial charge in [-0.3, -0.25) is 0 Å². The fourth-order valence-electron chi connectivity index (χ4n) is 1.17. The van der Waals surface area contributed by atoms with Gasteiger partial charge in [-0.05, 0) is 12.1 Å². The molecule has 0 aliphatic heterocycles. The van der Waals surface area contributed by atoms with E-state index in [1.807, 2.05) is 0 Å². The average Bonchev–Trinajstić information content (AvgIpc) is 2.16. The normalized spacial score (nSPS) is 14.5. The Bertz CT molecular complexity index is 396. The molecule has 0 saturated carbocycles. The van der Waals surface area contributed by atoms with E-state index in [9.17, 15) is 9.90 Å². The maximum absolute atomic E-state index is 10.9. The van der Waals surface area contributed by atoms with Gasteiger partial charge in [-0.2, -0.15) is 12.6 Å². The highest BCUT2D eigenvalue weighted by atomic mass is 32.1. The number of nitrogens with two attached hydrogens (primary N) is 1. The van der Waals surface area contributed by atoms with Crippen molar-refractivity contribution in [2.45, 2.75) is 5.54 Å². The molecule has 0 radical (unpaired) electrons. The van der Waals surface area contributed by atoms with Crippen LogP contribution in [0.2, 0.25) is 0 Å². The van der Waals surface area contributed by atoms with E-state index in [-0.39, 0.29) is 22.8 Å². The molecule has 15 heavy (non-hydrogen) atoms. The number of phenols is 2. The van der Waals surface area contributed by atoms with E-state index in [0.717, 1.165) is 6.07 Å². The van der Waals surface area contributed by atoms with Gasteiger partial charge in [0.05, 0.1) is 0 Å². The SMILES string of the molecule is NC(CS)(C(=O)O)c1ccc(O)cc1O. The molecule has 5 nitrogen and oxygen atoms in total. The van der Waals surface area contributed by atoms with E-state index in [0.29, 0.717) is 0 Å². The summed E-state index contributed by atoms with van der Waals surface area (Å²) in [5, 5.41) is 27.4. The lowest BCUT2D eigenvalue weighted by Gasteiger charge is -2.23. The van der Waals surface area contributed by atoms with Crippen molar-refractivity contribution in [1.82, 2.24) is 0 Å². The minimum Gasteiger partial charge on any atom is -0.508 e. The average molecular weight is 229 g/mol. The first-order valence-electron chi connectivity index (χ1n) is 4.07. The van der Waals surface area contributed by atoms with Crippen LogP contribution in [-0.2, 0) is 10.3 Å². The topological polar surface area (TPSA) is 104 Å². The molecular weight excluding hydrogens is 218 g/mol. The molecule has 0 aliphatic carbocycles. The number of carboxylic acid groups (broad SMARTS) is 1. The first-order chi connectivity index (χ1) is 6.91. The molecule has 0 fully saturated rings. The Morgan fingerprint density at radius 2 is 2.07 bits per heavy atom. The molecule has 5 N–H and O–H groups in total. The summed E-state index contributed by atoms with van der Waals surface area (Å²) in [6, 6.07) is 3.54. The van der Waals surface area contributed by atoms with E-state index >= 15 is 0 Å². The van der Waals surface area contributed by atoms with E-state index in [2.05, 4.69) is 12.6 Å². The highest BCUT2D eigenvalue weighted by molar-refractivity contribution is 7.80. The smallest absolute Gasteiger partial charge is 0.329 e. The van der Waals surface area contributed by atoms with Crippen molar-refractivity contribution in [3.63, 3.8) is 0 Å². The van der Waals surface area contributed by atoms with Crippen molar-refractivity contribution in [2.75, 3.05) is 5.75 Å². The van der Waals surface area contributed by atoms with Crippen LogP contribution in [0.1, 0.15) is 5.56 Å². The Labute approximate surface area is 91.6 Å². The summed E-state index contributed by atoms with van der Waals surface area (Å²) >= 11 is 3.85. The lowest BCUT2D eigenvalue weighted by atomic mass is 9.92. The van der Waals surface area contributed by atoms with Crippen molar-refractivity contribution < 1.29 is 20.1 Å². The Balaban J connectivity index is 3.30. The molecule has 1 rings (SSSR count). The van der Waals surface area contributed by atoms with Gasteiger partial charge < -0.3 is 21.1 Å². The Kier molecular flexibility index (Phi) is 3.11. The van der Waals surface area contributed by atoms with Gasteiger partial charge in [0.2, 0.25) is 0 Å². The van der Waals surface area contributed by atoms with Gasteiger partial charge in [0.1, 0.15) is 11.5 Å². The number of rotatable bonds is 3. The molecule has 0 aliphatic rings. The molecule has 0 spiro atoms. The largest absolute Gasteiger partial charge is 0.508 e. The van der Waals surface area contributed by atoms with E-state index in [1.54, 1.807) is 0 Å². The molecule has 0 bridgehead atoms. The van der Waals surface area contributed by atoms with Crippen LogP contribution in [0, 0.1) is 0 Å². The fourth-order valence-corrected chi connectivity index (χ4v) is 1.47. The molecule has 1 atom stereocenters. The predicted octanol–water partition coefficient (Wildman–Crippen LogP) is 0.266. The zero-order valence-corrected chi connectivity index (χ0v) is 8.61. The Morgan fingerprint density at radius 3 is 2.47 bits per heavy atom. The lowest BCUT2D eigenvalue weighted by Crippen LogP contribution is -2.46. The third-order valence-electron chi connectivity index (χ3n) is 2.09. The monoisotopic (exact) mass is 229 g/mol. The lowest BCUT2D eigenvalue weighted by molar-refractivity contribution is -0.142. The quantitative estimate of drug-likeness (QED) is 0.478. The first kappa shape index (κ1) is 11.7. The van der Waals surface area contributed by atoms with Crippen molar-refractivity contribution in [2.24, 2.45) is 5.73 Å². The summed E-state index contributed by atoms with van der Waals surface area (Å²) in [4.78, 5) is 10.9. The Hall–Kier alpha value is -1.40. The number of aliphatic carboxylic acids is 1.